The lowest BCUT2D eigenvalue weighted by Crippen LogP contribution is -1.84. The lowest BCUT2D eigenvalue weighted by Gasteiger charge is -2.00. The monoisotopic (exact) mass is 207 g/mol. The molecule has 15 heavy (non-hydrogen) atoms. The van der Waals surface area contributed by atoms with E-state index in [1.807, 2.05) is 6.21 Å². The van der Waals surface area contributed by atoms with Crippen LogP contribution in [0.4, 0.5) is 0 Å². The van der Waals surface area contributed by atoms with Gasteiger partial charge in [0.05, 0.1) is 0 Å². The molecule has 0 amide bonds. The highest BCUT2D eigenvalue weighted by atomic mass is 14.7. The van der Waals surface area contributed by atoms with E-state index in [0.29, 0.717) is 0 Å². The van der Waals surface area contributed by atoms with Crippen molar-refractivity contribution >= 4 is 6.21 Å². The second-order valence-corrected chi connectivity index (χ2v) is 4.45. The summed E-state index contributed by atoms with van der Waals surface area (Å²) in [5.74, 6) is 0. The van der Waals surface area contributed by atoms with Gasteiger partial charge in [-0.3, -0.25) is 4.99 Å². The Hall–Kier alpha value is -0.590. The molecule has 0 saturated heterocycles. The normalized spacial score (nSPS) is 21.9. The van der Waals surface area contributed by atoms with Gasteiger partial charge < -0.3 is 0 Å². The van der Waals surface area contributed by atoms with Crippen LogP contribution in [-0.2, 0) is 0 Å². The zero-order valence-electron chi connectivity index (χ0n) is 9.96. The van der Waals surface area contributed by atoms with Crippen LogP contribution < -0.4 is 0 Å². The van der Waals surface area contributed by atoms with Crippen molar-refractivity contribution in [1.29, 1.82) is 0 Å². The highest BCUT2D eigenvalue weighted by molar-refractivity contribution is 5.70. The SMILES string of the molecule is C1=CCCCCCCCCCCCN=C1. The molecule has 0 spiro atoms. The van der Waals surface area contributed by atoms with Crippen molar-refractivity contribution in [3.63, 3.8) is 0 Å². The Morgan fingerprint density at radius 2 is 1.27 bits per heavy atom. The summed E-state index contributed by atoms with van der Waals surface area (Å²) in [5, 5.41) is 0. The van der Waals surface area contributed by atoms with Crippen LogP contribution in [0.1, 0.15) is 64.2 Å². The minimum absolute atomic E-state index is 1.02. The second-order valence-electron chi connectivity index (χ2n) is 4.45. The molecule has 1 heterocycles. The fourth-order valence-corrected chi connectivity index (χ4v) is 2.00. The molecule has 1 nitrogen and oxygen atoms in total. The molecule has 0 atom stereocenters. The molecule has 1 rings (SSSR count). The van der Waals surface area contributed by atoms with Crippen molar-refractivity contribution in [3.05, 3.63) is 12.2 Å². The summed E-state index contributed by atoms with van der Waals surface area (Å²) in [5.41, 5.74) is 0. The molecule has 1 heteroatoms. The predicted octanol–water partition coefficient (Wildman–Crippen LogP) is 4.53. The third kappa shape index (κ3) is 8.41. The van der Waals surface area contributed by atoms with Crippen molar-refractivity contribution in [2.45, 2.75) is 64.2 Å². The lowest BCUT2D eigenvalue weighted by molar-refractivity contribution is 0.562. The van der Waals surface area contributed by atoms with Crippen molar-refractivity contribution in [3.8, 4) is 0 Å². The number of hydrogen-bond donors (Lipinski definition) is 0. The Balaban J connectivity index is 2.16. The summed E-state index contributed by atoms with van der Waals surface area (Å²) < 4.78 is 0. The van der Waals surface area contributed by atoms with Crippen molar-refractivity contribution in [2.24, 2.45) is 4.99 Å². The Bertz CT molecular complexity index is 162. The Kier molecular flexibility index (Phi) is 8.27. The van der Waals surface area contributed by atoms with Gasteiger partial charge in [-0.25, -0.2) is 0 Å². The Morgan fingerprint density at radius 1 is 0.667 bits per heavy atom. The Morgan fingerprint density at radius 3 is 2.00 bits per heavy atom. The minimum Gasteiger partial charge on any atom is -0.293 e. The smallest absolute Gasteiger partial charge is 0.0389 e. The van der Waals surface area contributed by atoms with E-state index in [0.717, 1.165) is 6.54 Å². The van der Waals surface area contributed by atoms with E-state index in [2.05, 4.69) is 17.1 Å². The molecule has 0 N–H and O–H groups in total. The number of allylic oxidation sites excluding steroid dienone is 2. The molecule has 1 aliphatic rings. The quantitative estimate of drug-likeness (QED) is 0.553. The minimum atomic E-state index is 1.02. The van der Waals surface area contributed by atoms with Gasteiger partial charge in [-0.15, -0.1) is 0 Å². The molecule has 0 bridgehead atoms. The average molecular weight is 207 g/mol. The Labute approximate surface area is 94.7 Å². The third-order valence-electron chi connectivity index (χ3n) is 2.99. The summed E-state index contributed by atoms with van der Waals surface area (Å²) >= 11 is 0. The molecule has 0 aliphatic carbocycles. The molecule has 0 aromatic carbocycles. The van der Waals surface area contributed by atoms with E-state index >= 15 is 0 Å². The van der Waals surface area contributed by atoms with Gasteiger partial charge in [-0.05, 0) is 25.3 Å². The summed E-state index contributed by atoms with van der Waals surface area (Å²) in [4.78, 5) is 4.37. The van der Waals surface area contributed by atoms with Gasteiger partial charge in [-0.2, -0.15) is 0 Å². The maximum atomic E-state index is 4.37. The second kappa shape index (κ2) is 9.95. The average Bonchev–Trinajstić information content (AvgIpc) is 2.27. The lowest BCUT2D eigenvalue weighted by atomic mass is 10.1. The fourth-order valence-electron chi connectivity index (χ4n) is 2.00. The molecular formula is C14H25N. The van der Waals surface area contributed by atoms with E-state index in [-0.39, 0.29) is 0 Å². The van der Waals surface area contributed by atoms with E-state index in [1.54, 1.807) is 0 Å². The van der Waals surface area contributed by atoms with Crippen LogP contribution in [0.3, 0.4) is 0 Å². The number of nitrogens with zero attached hydrogens (tertiary/aromatic N) is 1. The van der Waals surface area contributed by atoms with Crippen LogP contribution in [0.2, 0.25) is 0 Å². The zero-order valence-corrected chi connectivity index (χ0v) is 9.96. The molecule has 0 unspecified atom stereocenters. The van der Waals surface area contributed by atoms with Gasteiger partial charge in [0, 0.05) is 12.8 Å². The molecule has 0 saturated carbocycles. The molecule has 1 aliphatic heterocycles. The first-order valence-electron chi connectivity index (χ1n) is 6.65. The van der Waals surface area contributed by atoms with E-state index in [1.165, 1.54) is 64.2 Å². The van der Waals surface area contributed by atoms with E-state index in [9.17, 15) is 0 Å². The summed E-state index contributed by atoms with van der Waals surface area (Å²) in [6.07, 6.45) is 20.1. The first-order valence-corrected chi connectivity index (χ1v) is 6.65. The topological polar surface area (TPSA) is 12.4 Å². The zero-order chi connectivity index (χ0) is 10.6. The van der Waals surface area contributed by atoms with E-state index < -0.39 is 0 Å². The fraction of sp³-hybridized carbons (Fsp3) is 0.786. The molecule has 86 valence electrons. The highest BCUT2D eigenvalue weighted by Gasteiger charge is 1.92. The van der Waals surface area contributed by atoms with Crippen LogP contribution in [0.25, 0.3) is 0 Å². The van der Waals surface area contributed by atoms with Gasteiger partial charge in [0.15, 0.2) is 0 Å². The van der Waals surface area contributed by atoms with Crippen molar-refractivity contribution in [2.75, 3.05) is 6.54 Å². The largest absolute Gasteiger partial charge is 0.293 e. The van der Waals surface area contributed by atoms with Gasteiger partial charge in [-0.1, -0.05) is 51.0 Å². The summed E-state index contributed by atoms with van der Waals surface area (Å²) in [6.45, 7) is 1.02. The van der Waals surface area contributed by atoms with Gasteiger partial charge in [0.2, 0.25) is 0 Å². The maximum Gasteiger partial charge on any atom is 0.0389 e. The summed E-state index contributed by atoms with van der Waals surface area (Å²) in [6, 6.07) is 0. The summed E-state index contributed by atoms with van der Waals surface area (Å²) in [7, 11) is 0. The molecule has 0 fully saturated rings. The number of rotatable bonds is 0. The van der Waals surface area contributed by atoms with Gasteiger partial charge >= 0.3 is 0 Å². The molecule has 0 radical (unpaired) electrons. The molecular weight excluding hydrogens is 182 g/mol. The molecule has 0 aromatic rings. The number of aliphatic imine (C=N–C) groups is 1. The first-order chi connectivity index (χ1) is 7.50. The number of hydrogen-bond acceptors (Lipinski definition) is 1. The highest BCUT2D eigenvalue weighted by Crippen LogP contribution is 2.11. The van der Waals surface area contributed by atoms with E-state index in [4.69, 9.17) is 0 Å². The standard InChI is InChI=1S/C14H25N/c1-2-4-6-8-10-12-14-15-13-11-9-7-5-3-1/h9,11,13H,1-8,10,12,14H2. The van der Waals surface area contributed by atoms with Crippen LogP contribution in [0, 0.1) is 0 Å². The van der Waals surface area contributed by atoms with Crippen LogP contribution in [0.15, 0.2) is 17.1 Å². The predicted molar refractivity (Wildman–Crippen MR) is 68.7 cm³/mol. The first kappa shape index (κ1) is 12.5. The van der Waals surface area contributed by atoms with Crippen molar-refractivity contribution in [1.82, 2.24) is 0 Å². The van der Waals surface area contributed by atoms with Crippen LogP contribution >= 0.6 is 0 Å². The van der Waals surface area contributed by atoms with Gasteiger partial charge in [0.25, 0.3) is 0 Å². The van der Waals surface area contributed by atoms with Crippen LogP contribution in [0.5, 0.6) is 0 Å². The van der Waals surface area contributed by atoms with Gasteiger partial charge in [0.1, 0.15) is 0 Å². The third-order valence-corrected chi connectivity index (χ3v) is 2.99. The molecule has 0 aromatic heterocycles. The van der Waals surface area contributed by atoms with Crippen molar-refractivity contribution < 1.29 is 0 Å². The maximum absolute atomic E-state index is 4.37. The van der Waals surface area contributed by atoms with Crippen LogP contribution in [-0.4, -0.2) is 12.8 Å².